The van der Waals surface area contributed by atoms with Crippen LogP contribution in [0, 0.1) is 11.6 Å². The second-order valence-corrected chi connectivity index (χ2v) is 7.80. The fourth-order valence-corrected chi connectivity index (χ4v) is 3.90. The van der Waals surface area contributed by atoms with E-state index in [0.717, 1.165) is 29.7 Å². The summed E-state index contributed by atoms with van der Waals surface area (Å²) in [5.41, 5.74) is 2.85. The van der Waals surface area contributed by atoms with Crippen LogP contribution in [0.2, 0.25) is 0 Å². The summed E-state index contributed by atoms with van der Waals surface area (Å²) in [7, 11) is 0. The van der Waals surface area contributed by atoms with Crippen LogP contribution in [0.15, 0.2) is 66.9 Å². The van der Waals surface area contributed by atoms with Crippen LogP contribution in [0.3, 0.4) is 0 Å². The fraction of sp³-hybridized carbons (Fsp3) is 0.280. The average Bonchev–Trinajstić information content (AvgIpc) is 2.79. The quantitative estimate of drug-likeness (QED) is 0.577. The molecule has 1 aliphatic rings. The molecule has 6 heteroatoms. The Balaban J connectivity index is 1.34. The second kappa shape index (κ2) is 9.69. The Morgan fingerprint density at radius 3 is 2.71 bits per heavy atom. The Morgan fingerprint density at radius 2 is 1.94 bits per heavy atom. The minimum absolute atomic E-state index is 0.0833. The van der Waals surface area contributed by atoms with Crippen molar-refractivity contribution in [1.29, 1.82) is 0 Å². The molecule has 1 fully saturated rings. The molecule has 0 aliphatic carbocycles. The molecule has 1 saturated heterocycles. The van der Waals surface area contributed by atoms with Crippen molar-refractivity contribution in [3.63, 3.8) is 0 Å². The molecule has 3 aromatic rings. The summed E-state index contributed by atoms with van der Waals surface area (Å²) in [6, 6.07) is 16.6. The van der Waals surface area contributed by atoms with Crippen LogP contribution in [-0.2, 0) is 11.2 Å². The highest BCUT2D eigenvalue weighted by atomic mass is 19.1. The molecule has 1 atom stereocenters. The number of piperidine rings is 1. The number of hydrogen-bond donors (Lipinski definition) is 0. The Bertz CT molecular complexity index is 1040. The van der Waals surface area contributed by atoms with Crippen molar-refractivity contribution in [2.75, 3.05) is 19.7 Å². The van der Waals surface area contributed by atoms with Crippen molar-refractivity contribution < 1.29 is 18.3 Å². The molecule has 1 amide bonds. The number of nitrogens with zero attached hydrogens (tertiary/aromatic N) is 2. The number of benzene rings is 2. The molecule has 0 saturated carbocycles. The number of ether oxygens (including phenoxy) is 1. The molecule has 1 aromatic heterocycles. The smallest absolute Gasteiger partial charge is 0.260 e. The van der Waals surface area contributed by atoms with Crippen LogP contribution in [0.5, 0.6) is 5.75 Å². The summed E-state index contributed by atoms with van der Waals surface area (Å²) in [5, 5.41) is 0. The van der Waals surface area contributed by atoms with Crippen molar-refractivity contribution in [3.05, 3.63) is 95.3 Å². The number of para-hydroxylation sites is 1. The highest BCUT2D eigenvalue weighted by molar-refractivity contribution is 5.78. The van der Waals surface area contributed by atoms with Gasteiger partial charge in [0, 0.05) is 30.9 Å². The van der Waals surface area contributed by atoms with Gasteiger partial charge in [-0.25, -0.2) is 8.78 Å². The molecular weight excluding hydrogens is 398 g/mol. The molecule has 160 valence electrons. The van der Waals surface area contributed by atoms with Crippen LogP contribution >= 0.6 is 0 Å². The summed E-state index contributed by atoms with van der Waals surface area (Å²) in [5.74, 6) is -0.646. The number of carbonyl (C=O) groups is 1. The molecule has 2 aromatic carbocycles. The first-order valence-corrected chi connectivity index (χ1v) is 10.4. The Morgan fingerprint density at radius 1 is 1.06 bits per heavy atom. The van der Waals surface area contributed by atoms with Crippen LogP contribution in [0.1, 0.15) is 35.6 Å². The Labute approximate surface area is 180 Å². The standard InChI is InChI=1S/C25H24F2N2O2/c26-21-7-3-5-18(14-21)13-19-10-11-23(28-15-19)20-6-4-12-29(16-20)25(30)17-31-24-9-2-1-8-22(24)27/h1-3,5,7-11,14-15,20H,4,6,12-13,16-17H2/t20-/m0/s1. The van der Waals surface area contributed by atoms with E-state index in [1.165, 1.54) is 24.3 Å². The maximum absolute atomic E-state index is 13.7. The van der Waals surface area contributed by atoms with E-state index in [1.54, 1.807) is 23.1 Å². The van der Waals surface area contributed by atoms with Gasteiger partial charge in [0.25, 0.3) is 5.91 Å². The molecule has 4 nitrogen and oxygen atoms in total. The molecule has 0 unspecified atom stereocenters. The van der Waals surface area contributed by atoms with E-state index in [2.05, 4.69) is 4.98 Å². The van der Waals surface area contributed by atoms with Crippen molar-refractivity contribution >= 4 is 5.91 Å². The maximum Gasteiger partial charge on any atom is 0.260 e. The first-order chi connectivity index (χ1) is 15.1. The van der Waals surface area contributed by atoms with E-state index in [0.29, 0.717) is 19.5 Å². The molecule has 0 spiro atoms. The predicted molar refractivity (Wildman–Crippen MR) is 114 cm³/mol. The number of likely N-dealkylation sites (tertiary alicyclic amines) is 1. The Hall–Kier alpha value is -3.28. The largest absolute Gasteiger partial charge is 0.481 e. The van der Waals surface area contributed by atoms with E-state index < -0.39 is 5.82 Å². The van der Waals surface area contributed by atoms with E-state index in [-0.39, 0.29) is 30.0 Å². The van der Waals surface area contributed by atoms with Gasteiger partial charge in [-0.3, -0.25) is 9.78 Å². The monoisotopic (exact) mass is 422 g/mol. The van der Waals surface area contributed by atoms with Crippen molar-refractivity contribution in [2.45, 2.75) is 25.2 Å². The highest BCUT2D eigenvalue weighted by Gasteiger charge is 2.26. The Kier molecular flexibility index (Phi) is 6.55. The molecule has 0 bridgehead atoms. The van der Waals surface area contributed by atoms with Gasteiger partial charge >= 0.3 is 0 Å². The SMILES string of the molecule is O=C(COc1ccccc1F)N1CCC[C@H](c2ccc(Cc3cccc(F)c3)cn2)C1. The summed E-state index contributed by atoms with van der Waals surface area (Å²) in [6.45, 7) is 1.04. The molecule has 4 rings (SSSR count). The van der Waals surface area contributed by atoms with E-state index >= 15 is 0 Å². The number of hydrogen-bond acceptors (Lipinski definition) is 3. The minimum atomic E-state index is -0.477. The molecule has 0 N–H and O–H groups in total. The summed E-state index contributed by atoms with van der Waals surface area (Å²) < 4.78 is 32.4. The molecule has 31 heavy (non-hydrogen) atoms. The maximum atomic E-state index is 13.7. The first kappa shape index (κ1) is 21.0. The number of pyridine rings is 1. The number of carbonyl (C=O) groups excluding carboxylic acids is 1. The zero-order valence-electron chi connectivity index (χ0n) is 17.1. The number of halogens is 2. The molecule has 1 aliphatic heterocycles. The third kappa shape index (κ3) is 5.45. The lowest BCUT2D eigenvalue weighted by Gasteiger charge is -2.32. The predicted octanol–water partition coefficient (Wildman–Crippen LogP) is 4.74. The van der Waals surface area contributed by atoms with E-state index in [9.17, 15) is 13.6 Å². The second-order valence-electron chi connectivity index (χ2n) is 7.80. The number of aromatic nitrogens is 1. The van der Waals surface area contributed by atoms with Gasteiger partial charge in [-0.15, -0.1) is 0 Å². The first-order valence-electron chi connectivity index (χ1n) is 10.4. The minimum Gasteiger partial charge on any atom is -0.481 e. The lowest BCUT2D eigenvalue weighted by atomic mass is 9.93. The zero-order chi connectivity index (χ0) is 21.6. The van der Waals surface area contributed by atoms with Crippen LogP contribution < -0.4 is 4.74 Å². The van der Waals surface area contributed by atoms with Gasteiger partial charge in [-0.05, 0) is 60.7 Å². The van der Waals surface area contributed by atoms with E-state index in [4.69, 9.17) is 4.74 Å². The topological polar surface area (TPSA) is 42.4 Å². The lowest BCUT2D eigenvalue weighted by molar-refractivity contribution is -0.134. The zero-order valence-corrected chi connectivity index (χ0v) is 17.1. The van der Waals surface area contributed by atoms with Gasteiger partial charge in [0.1, 0.15) is 5.82 Å². The highest BCUT2D eigenvalue weighted by Crippen LogP contribution is 2.26. The third-order valence-corrected chi connectivity index (χ3v) is 5.53. The van der Waals surface area contributed by atoms with Gasteiger partial charge in [-0.2, -0.15) is 0 Å². The van der Waals surface area contributed by atoms with Crippen LogP contribution in [-0.4, -0.2) is 35.5 Å². The van der Waals surface area contributed by atoms with Gasteiger partial charge in [0.05, 0.1) is 0 Å². The molecule has 0 radical (unpaired) electrons. The summed E-state index contributed by atoms with van der Waals surface area (Å²) in [6.07, 6.45) is 4.27. The van der Waals surface area contributed by atoms with E-state index in [1.807, 2.05) is 24.4 Å². The van der Waals surface area contributed by atoms with Crippen molar-refractivity contribution in [1.82, 2.24) is 9.88 Å². The summed E-state index contributed by atoms with van der Waals surface area (Å²) in [4.78, 5) is 18.9. The number of rotatable bonds is 6. The summed E-state index contributed by atoms with van der Waals surface area (Å²) >= 11 is 0. The van der Waals surface area contributed by atoms with Gasteiger partial charge in [0.15, 0.2) is 18.2 Å². The van der Waals surface area contributed by atoms with Crippen molar-refractivity contribution in [3.8, 4) is 5.75 Å². The molecular formula is C25H24F2N2O2. The van der Waals surface area contributed by atoms with Gasteiger partial charge < -0.3 is 9.64 Å². The fourth-order valence-electron chi connectivity index (χ4n) is 3.90. The van der Waals surface area contributed by atoms with Gasteiger partial charge in [-0.1, -0.05) is 30.3 Å². The van der Waals surface area contributed by atoms with Crippen LogP contribution in [0.25, 0.3) is 0 Å². The number of amides is 1. The third-order valence-electron chi connectivity index (χ3n) is 5.53. The van der Waals surface area contributed by atoms with Crippen LogP contribution in [0.4, 0.5) is 8.78 Å². The van der Waals surface area contributed by atoms with Gasteiger partial charge in [0.2, 0.25) is 0 Å². The lowest BCUT2D eigenvalue weighted by Crippen LogP contribution is -2.41. The normalized spacial score (nSPS) is 16.2. The van der Waals surface area contributed by atoms with Crippen molar-refractivity contribution in [2.24, 2.45) is 0 Å². The molecule has 2 heterocycles. The average molecular weight is 422 g/mol.